The van der Waals surface area contributed by atoms with Gasteiger partial charge in [0.05, 0.1) is 18.8 Å². The van der Waals surface area contributed by atoms with Crippen molar-refractivity contribution >= 4 is 17.0 Å². The van der Waals surface area contributed by atoms with Crippen molar-refractivity contribution in [1.82, 2.24) is 14.9 Å². The minimum atomic E-state index is -4.32. The number of nitrogens with one attached hydrogen (secondary N) is 1. The molecule has 2 aliphatic rings. The second kappa shape index (κ2) is 7.53. The largest absolute Gasteiger partial charge is 0.478 e. The molecule has 30 heavy (non-hydrogen) atoms. The standard InChI is InChI=1S/C21H26F3N3O3/c1-12(27-13(2)17(19(28)29)16-4-3-9-25-18(16)27)14-5-7-15(8-6-14)26-20(10-30-11-20)21(22,23)24/h3-4,9,12,14-15,26H,5-8,10-11H2,1-2H3,(H,28,29)/t12-,14?,15?/m1/s1. The van der Waals surface area contributed by atoms with Crippen molar-refractivity contribution in [2.24, 2.45) is 5.92 Å². The molecule has 0 spiro atoms. The maximum atomic E-state index is 13.4. The molecule has 2 N–H and O–H groups in total. The third-order valence-electron chi connectivity index (χ3n) is 6.80. The summed E-state index contributed by atoms with van der Waals surface area (Å²) in [6, 6.07) is 3.29. The van der Waals surface area contributed by atoms with Gasteiger partial charge >= 0.3 is 12.1 Å². The average Bonchev–Trinajstić information content (AvgIpc) is 2.95. The van der Waals surface area contributed by atoms with Crippen LogP contribution in [0.25, 0.3) is 11.0 Å². The van der Waals surface area contributed by atoms with Gasteiger partial charge in [-0.15, -0.1) is 0 Å². The Kier molecular flexibility index (Phi) is 5.30. The van der Waals surface area contributed by atoms with E-state index in [1.165, 1.54) is 0 Å². The van der Waals surface area contributed by atoms with Crippen LogP contribution in [0.5, 0.6) is 0 Å². The van der Waals surface area contributed by atoms with Crippen LogP contribution < -0.4 is 5.32 Å². The molecule has 1 saturated heterocycles. The molecule has 2 aromatic rings. The lowest BCUT2D eigenvalue weighted by Gasteiger charge is -2.46. The molecule has 3 heterocycles. The maximum absolute atomic E-state index is 13.4. The number of carbonyl (C=O) groups is 1. The molecule has 0 radical (unpaired) electrons. The molecule has 6 nitrogen and oxygen atoms in total. The van der Waals surface area contributed by atoms with Gasteiger partial charge in [-0.3, -0.25) is 5.32 Å². The first-order valence-electron chi connectivity index (χ1n) is 10.3. The lowest BCUT2D eigenvalue weighted by Crippen LogP contribution is -2.71. The monoisotopic (exact) mass is 425 g/mol. The Morgan fingerprint density at radius 3 is 2.53 bits per heavy atom. The normalized spacial score (nSPS) is 25.1. The van der Waals surface area contributed by atoms with Crippen LogP contribution >= 0.6 is 0 Å². The van der Waals surface area contributed by atoms with Gasteiger partial charge in [-0.1, -0.05) is 0 Å². The molecule has 9 heteroatoms. The van der Waals surface area contributed by atoms with Crippen LogP contribution in [-0.4, -0.2) is 51.6 Å². The summed E-state index contributed by atoms with van der Waals surface area (Å²) < 4.78 is 47.0. The zero-order chi connectivity index (χ0) is 21.7. The molecule has 1 aliphatic carbocycles. The van der Waals surface area contributed by atoms with E-state index in [9.17, 15) is 23.1 Å². The molecule has 0 unspecified atom stereocenters. The Morgan fingerprint density at radius 2 is 2.00 bits per heavy atom. The quantitative estimate of drug-likeness (QED) is 0.755. The minimum Gasteiger partial charge on any atom is -0.478 e. The lowest BCUT2D eigenvalue weighted by molar-refractivity contribution is -0.270. The first-order valence-corrected chi connectivity index (χ1v) is 10.3. The van der Waals surface area contributed by atoms with E-state index >= 15 is 0 Å². The van der Waals surface area contributed by atoms with E-state index in [2.05, 4.69) is 10.3 Å². The lowest BCUT2D eigenvalue weighted by atomic mass is 9.80. The first kappa shape index (κ1) is 21.1. The van der Waals surface area contributed by atoms with Crippen molar-refractivity contribution in [3.05, 3.63) is 29.6 Å². The second-order valence-corrected chi connectivity index (χ2v) is 8.58. The van der Waals surface area contributed by atoms with E-state index in [1.54, 1.807) is 25.3 Å². The Labute approximate surface area is 172 Å². The number of ether oxygens (including phenoxy) is 1. The zero-order valence-corrected chi connectivity index (χ0v) is 17.0. The highest BCUT2D eigenvalue weighted by molar-refractivity contribution is 6.04. The van der Waals surface area contributed by atoms with Crippen LogP contribution in [0.2, 0.25) is 0 Å². The third-order valence-corrected chi connectivity index (χ3v) is 6.80. The zero-order valence-electron chi connectivity index (χ0n) is 17.0. The smallest absolute Gasteiger partial charge is 0.411 e. The Morgan fingerprint density at radius 1 is 1.33 bits per heavy atom. The van der Waals surface area contributed by atoms with Crippen LogP contribution in [-0.2, 0) is 4.74 Å². The van der Waals surface area contributed by atoms with E-state index in [-0.39, 0.29) is 36.8 Å². The van der Waals surface area contributed by atoms with Crippen LogP contribution in [0, 0.1) is 12.8 Å². The molecule has 2 aromatic heterocycles. The molecule has 2 fully saturated rings. The SMILES string of the molecule is Cc1c(C(=O)O)c2cccnc2n1[C@H](C)C1CCC(NC2(C(F)(F)F)COC2)CC1. The second-order valence-electron chi connectivity index (χ2n) is 8.58. The third kappa shape index (κ3) is 3.37. The van der Waals surface area contributed by atoms with Gasteiger partial charge < -0.3 is 14.4 Å². The topological polar surface area (TPSA) is 76.4 Å². The van der Waals surface area contributed by atoms with Gasteiger partial charge in [0.1, 0.15) is 5.65 Å². The van der Waals surface area contributed by atoms with Crippen molar-refractivity contribution in [2.45, 2.75) is 63.3 Å². The number of hydrogen-bond acceptors (Lipinski definition) is 4. The number of fused-ring (bicyclic) bond motifs is 1. The number of aromatic nitrogens is 2. The highest BCUT2D eigenvalue weighted by Crippen LogP contribution is 2.40. The van der Waals surface area contributed by atoms with Gasteiger partial charge in [-0.05, 0) is 57.6 Å². The van der Waals surface area contributed by atoms with Crippen LogP contribution in [0.1, 0.15) is 54.7 Å². The molecule has 0 bridgehead atoms. The van der Waals surface area contributed by atoms with Gasteiger partial charge in [-0.2, -0.15) is 13.2 Å². The molecule has 1 atom stereocenters. The fourth-order valence-corrected chi connectivity index (χ4v) is 5.01. The van der Waals surface area contributed by atoms with Crippen molar-refractivity contribution < 1.29 is 27.8 Å². The van der Waals surface area contributed by atoms with Crippen molar-refractivity contribution in [3.63, 3.8) is 0 Å². The number of aromatic carboxylic acids is 1. The Balaban J connectivity index is 1.50. The van der Waals surface area contributed by atoms with E-state index in [0.29, 0.717) is 29.6 Å². The molecule has 164 valence electrons. The maximum Gasteiger partial charge on any atom is 0.411 e. The number of alkyl halides is 3. The van der Waals surface area contributed by atoms with Crippen LogP contribution in [0.3, 0.4) is 0 Å². The molecular formula is C21H26F3N3O3. The van der Waals surface area contributed by atoms with Crippen molar-refractivity contribution in [3.8, 4) is 0 Å². The van der Waals surface area contributed by atoms with Crippen LogP contribution in [0.15, 0.2) is 18.3 Å². The van der Waals surface area contributed by atoms with E-state index < -0.39 is 17.7 Å². The summed E-state index contributed by atoms with van der Waals surface area (Å²) in [5.41, 5.74) is -0.351. The average molecular weight is 425 g/mol. The summed E-state index contributed by atoms with van der Waals surface area (Å²) in [5, 5.41) is 13.1. The molecule has 1 aliphatic heterocycles. The molecular weight excluding hydrogens is 399 g/mol. The highest BCUT2D eigenvalue weighted by Gasteiger charge is 2.60. The predicted molar refractivity (Wildman–Crippen MR) is 105 cm³/mol. The number of pyridine rings is 1. The summed E-state index contributed by atoms with van der Waals surface area (Å²) in [4.78, 5) is 16.2. The van der Waals surface area contributed by atoms with Crippen molar-refractivity contribution in [2.75, 3.05) is 13.2 Å². The summed E-state index contributed by atoms with van der Waals surface area (Å²) in [6.07, 6.45) is 0.142. The van der Waals surface area contributed by atoms with Gasteiger partial charge in [0, 0.05) is 29.4 Å². The van der Waals surface area contributed by atoms with E-state index in [0.717, 1.165) is 12.8 Å². The minimum absolute atomic E-state index is 0.0000578. The van der Waals surface area contributed by atoms with Gasteiger partial charge in [0.25, 0.3) is 0 Å². The Bertz CT molecular complexity index is 944. The molecule has 0 aromatic carbocycles. The molecule has 0 amide bonds. The van der Waals surface area contributed by atoms with Gasteiger partial charge in [-0.25, -0.2) is 9.78 Å². The van der Waals surface area contributed by atoms with Gasteiger partial charge in [0.2, 0.25) is 0 Å². The summed E-state index contributed by atoms with van der Waals surface area (Å²) in [5.74, 6) is -0.745. The fourth-order valence-electron chi connectivity index (χ4n) is 5.01. The van der Waals surface area contributed by atoms with Crippen molar-refractivity contribution in [1.29, 1.82) is 0 Å². The number of carboxylic acids is 1. The fraction of sp³-hybridized carbons (Fsp3) is 0.619. The van der Waals surface area contributed by atoms with Gasteiger partial charge in [0.15, 0.2) is 5.54 Å². The summed E-state index contributed by atoms with van der Waals surface area (Å²) >= 11 is 0. The number of nitrogens with zero attached hydrogens (tertiary/aromatic N) is 2. The number of carboxylic acid groups (broad SMARTS) is 1. The number of rotatable bonds is 5. The summed E-state index contributed by atoms with van der Waals surface area (Å²) in [7, 11) is 0. The highest BCUT2D eigenvalue weighted by atomic mass is 19.4. The van der Waals surface area contributed by atoms with E-state index in [1.807, 2.05) is 11.5 Å². The van der Waals surface area contributed by atoms with Crippen LogP contribution in [0.4, 0.5) is 13.2 Å². The first-order chi connectivity index (χ1) is 14.1. The molecule has 1 saturated carbocycles. The van der Waals surface area contributed by atoms with E-state index in [4.69, 9.17) is 4.74 Å². The Hall–Kier alpha value is -2.13. The summed E-state index contributed by atoms with van der Waals surface area (Å²) in [6.45, 7) is 3.18. The number of halogens is 3. The number of hydrogen-bond donors (Lipinski definition) is 2. The predicted octanol–water partition coefficient (Wildman–Crippen LogP) is 4.08. The molecule has 4 rings (SSSR count).